The van der Waals surface area contributed by atoms with E-state index in [0.29, 0.717) is 51.0 Å². The number of benzene rings is 1. The Balaban J connectivity index is 1.67. The Morgan fingerprint density at radius 3 is 2.59 bits per heavy atom. The third-order valence-corrected chi connectivity index (χ3v) is 6.61. The van der Waals surface area contributed by atoms with Crippen LogP contribution in [0, 0.1) is 5.92 Å². The molecule has 9 heteroatoms. The largest absolute Gasteiger partial charge is 0.459 e. The van der Waals surface area contributed by atoms with Gasteiger partial charge in [-0.05, 0) is 48.6 Å². The maximum atomic E-state index is 13.0. The Kier molecular flexibility index (Phi) is 11.3. The molecular formula is C25H32ClNO6S. The number of thiophene rings is 1. The Morgan fingerprint density at radius 1 is 1.15 bits per heavy atom. The van der Waals surface area contributed by atoms with Crippen molar-refractivity contribution in [2.24, 2.45) is 5.92 Å². The minimum absolute atomic E-state index is 0.000111. The standard InChI is InChI=1S/C25H32ClNO6S/c1-2-32-25-20(9-11-30-13-14-31-12-10-28)21(23-4-3-15-34-23)16-22(33-25)24(29)27-17-18-5-7-19(26)8-6-18/h3-8,15-16,20-21,25,28H,2,9-14,17H2,1H3,(H,27,29)/t20-,21-,25+/m1/s1. The van der Waals surface area contributed by atoms with Crippen molar-refractivity contribution in [3.63, 3.8) is 0 Å². The van der Waals surface area contributed by atoms with Gasteiger partial charge in [0.1, 0.15) is 0 Å². The number of amides is 1. The van der Waals surface area contributed by atoms with Crippen LogP contribution in [0.25, 0.3) is 0 Å². The molecular weight excluding hydrogens is 478 g/mol. The van der Waals surface area contributed by atoms with Crippen LogP contribution in [0.5, 0.6) is 0 Å². The maximum Gasteiger partial charge on any atom is 0.286 e. The van der Waals surface area contributed by atoms with Gasteiger partial charge in [0.2, 0.25) is 6.29 Å². The number of hydrogen-bond acceptors (Lipinski definition) is 7. The molecule has 1 amide bonds. The molecule has 0 saturated heterocycles. The lowest BCUT2D eigenvalue weighted by atomic mass is 9.85. The second kappa shape index (κ2) is 14.5. The minimum atomic E-state index is -0.562. The van der Waals surface area contributed by atoms with Gasteiger partial charge in [-0.25, -0.2) is 0 Å². The van der Waals surface area contributed by atoms with E-state index in [9.17, 15) is 4.79 Å². The molecule has 0 aliphatic carbocycles. The first kappa shape index (κ1) is 26.7. The minimum Gasteiger partial charge on any atom is -0.459 e. The Bertz CT molecular complexity index is 889. The van der Waals surface area contributed by atoms with E-state index < -0.39 is 6.29 Å². The van der Waals surface area contributed by atoms with Gasteiger partial charge in [-0.1, -0.05) is 29.8 Å². The van der Waals surface area contributed by atoms with Gasteiger partial charge in [-0.2, -0.15) is 0 Å². The summed E-state index contributed by atoms with van der Waals surface area (Å²) in [6.07, 6.45) is 2.03. The van der Waals surface area contributed by atoms with E-state index in [0.717, 1.165) is 10.4 Å². The van der Waals surface area contributed by atoms with Crippen molar-refractivity contribution < 1.29 is 28.8 Å². The van der Waals surface area contributed by atoms with Gasteiger partial charge >= 0.3 is 0 Å². The SMILES string of the molecule is CCO[C@H]1OC(C(=O)NCc2ccc(Cl)cc2)=C[C@@H](c2cccs2)[C@H]1CCOCCOCCO. The van der Waals surface area contributed by atoms with Crippen LogP contribution < -0.4 is 5.32 Å². The fraction of sp³-hybridized carbons (Fsp3) is 0.480. The van der Waals surface area contributed by atoms with Gasteiger partial charge in [0, 0.05) is 41.5 Å². The fourth-order valence-electron chi connectivity index (χ4n) is 3.73. The van der Waals surface area contributed by atoms with Crippen molar-refractivity contribution in [2.45, 2.75) is 32.1 Å². The van der Waals surface area contributed by atoms with Gasteiger partial charge in [-0.15, -0.1) is 11.3 Å². The van der Waals surface area contributed by atoms with Gasteiger partial charge in [0.15, 0.2) is 5.76 Å². The predicted molar refractivity (Wildman–Crippen MR) is 132 cm³/mol. The summed E-state index contributed by atoms with van der Waals surface area (Å²) in [5.41, 5.74) is 0.948. The molecule has 0 saturated carbocycles. The third kappa shape index (κ3) is 8.08. The molecule has 0 unspecified atom stereocenters. The number of halogens is 1. The van der Waals surface area contributed by atoms with Crippen LogP contribution in [-0.2, 0) is 30.3 Å². The number of carbonyl (C=O) groups excluding carboxylic acids is 1. The Labute approximate surface area is 209 Å². The molecule has 1 aromatic heterocycles. The Morgan fingerprint density at radius 2 is 1.91 bits per heavy atom. The van der Waals surface area contributed by atoms with Crippen LogP contribution in [0.2, 0.25) is 5.02 Å². The van der Waals surface area contributed by atoms with E-state index in [1.165, 1.54) is 0 Å². The average molecular weight is 510 g/mol. The van der Waals surface area contributed by atoms with Crippen molar-refractivity contribution >= 4 is 28.8 Å². The van der Waals surface area contributed by atoms with Crippen LogP contribution in [0.15, 0.2) is 53.6 Å². The monoisotopic (exact) mass is 509 g/mol. The van der Waals surface area contributed by atoms with E-state index in [1.54, 1.807) is 23.5 Å². The molecule has 3 atom stereocenters. The smallest absolute Gasteiger partial charge is 0.286 e. The van der Waals surface area contributed by atoms with Crippen LogP contribution in [-0.4, -0.2) is 56.9 Å². The number of aliphatic hydroxyl groups excluding tert-OH is 1. The van der Waals surface area contributed by atoms with Crippen LogP contribution in [0.1, 0.15) is 29.7 Å². The molecule has 34 heavy (non-hydrogen) atoms. The highest BCUT2D eigenvalue weighted by Gasteiger charge is 2.38. The fourth-order valence-corrected chi connectivity index (χ4v) is 4.72. The van der Waals surface area contributed by atoms with Crippen molar-refractivity contribution in [3.05, 3.63) is 69.1 Å². The highest BCUT2D eigenvalue weighted by molar-refractivity contribution is 7.10. The normalized spacial score (nSPS) is 20.0. The molecule has 2 N–H and O–H groups in total. The number of hydrogen-bond donors (Lipinski definition) is 2. The predicted octanol–water partition coefficient (Wildman–Crippen LogP) is 4.11. The third-order valence-electron chi connectivity index (χ3n) is 5.38. The van der Waals surface area contributed by atoms with Gasteiger partial charge < -0.3 is 29.4 Å². The summed E-state index contributed by atoms with van der Waals surface area (Å²) in [4.78, 5) is 14.1. The van der Waals surface area contributed by atoms with Crippen LogP contribution in [0.4, 0.5) is 0 Å². The first-order valence-electron chi connectivity index (χ1n) is 11.4. The number of rotatable bonds is 14. The summed E-state index contributed by atoms with van der Waals surface area (Å²) in [5, 5.41) is 14.4. The topological polar surface area (TPSA) is 86.3 Å². The molecule has 0 fully saturated rings. The zero-order chi connectivity index (χ0) is 24.2. The highest BCUT2D eigenvalue weighted by atomic mass is 35.5. The van der Waals surface area contributed by atoms with E-state index in [-0.39, 0.29) is 30.1 Å². The van der Waals surface area contributed by atoms with Crippen molar-refractivity contribution in [1.29, 1.82) is 0 Å². The van der Waals surface area contributed by atoms with Crippen molar-refractivity contribution in [1.82, 2.24) is 5.32 Å². The number of nitrogens with one attached hydrogen (secondary N) is 1. The molecule has 1 aliphatic rings. The quantitative estimate of drug-likeness (QED) is 0.373. The molecule has 186 valence electrons. The Hall–Kier alpha value is -1.94. The molecule has 0 spiro atoms. The second-order valence-electron chi connectivity index (χ2n) is 7.72. The molecule has 3 rings (SSSR count). The van der Waals surface area contributed by atoms with Gasteiger partial charge in [-0.3, -0.25) is 4.79 Å². The second-order valence-corrected chi connectivity index (χ2v) is 9.14. The molecule has 0 radical (unpaired) electrons. The molecule has 0 bridgehead atoms. The maximum absolute atomic E-state index is 13.0. The number of aliphatic hydroxyl groups is 1. The molecule has 2 aromatic rings. The lowest BCUT2D eigenvalue weighted by Crippen LogP contribution is -2.39. The number of carbonyl (C=O) groups is 1. The molecule has 7 nitrogen and oxygen atoms in total. The summed E-state index contributed by atoms with van der Waals surface area (Å²) in [5.74, 6) is -0.0575. The van der Waals surface area contributed by atoms with E-state index in [4.69, 9.17) is 35.7 Å². The van der Waals surface area contributed by atoms with Gasteiger partial charge in [0.25, 0.3) is 5.91 Å². The zero-order valence-electron chi connectivity index (χ0n) is 19.3. The number of allylic oxidation sites excluding steroid dienone is 1. The van der Waals surface area contributed by atoms with Gasteiger partial charge in [0.05, 0.1) is 26.4 Å². The first-order chi connectivity index (χ1) is 16.6. The average Bonchev–Trinajstić information content (AvgIpc) is 3.38. The summed E-state index contributed by atoms with van der Waals surface area (Å²) < 4.78 is 22.9. The first-order valence-corrected chi connectivity index (χ1v) is 12.7. The summed E-state index contributed by atoms with van der Waals surface area (Å²) in [7, 11) is 0. The summed E-state index contributed by atoms with van der Waals surface area (Å²) in [6.45, 7) is 4.44. The molecule has 1 aliphatic heterocycles. The molecule has 2 heterocycles. The molecule has 1 aromatic carbocycles. The number of ether oxygens (including phenoxy) is 4. The summed E-state index contributed by atoms with van der Waals surface area (Å²) >= 11 is 7.59. The van der Waals surface area contributed by atoms with E-state index in [1.807, 2.05) is 36.6 Å². The van der Waals surface area contributed by atoms with Crippen molar-refractivity contribution in [3.8, 4) is 0 Å². The van der Waals surface area contributed by atoms with Crippen LogP contribution in [0.3, 0.4) is 0 Å². The zero-order valence-corrected chi connectivity index (χ0v) is 20.9. The summed E-state index contributed by atoms with van der Waals surface area (Å²) in [6, 6.07) is 11.4. The lowest BCUT2D eigenvalue weighted by Gasteiger charge is -2.36. The van der Waals surface area contributed by atoms with E-state index in [2.05, 4.69) is 11.4 Å². The lowest BCUT2D eigenvalue weighted by molar-refractivity contribution is -0.168. The highest BCUT2D eigenvalue weighted by Crippen LogP contribution is 2.40. The van der Waals surface area contributed by atoms with Crippen molar-refractivity contribution in [2.75, 3.05) is 39.6 Å². The van der Waals surface area contributed by atoms with E-state index >= 15 is 0 Å². The van der Waals surface area contributed by atoms with Crippen LogP contribution >= 0.6 is 22.9 Å².